The summed E-state index contributed by atoms with van der Waals surface area (Å²) < 4.78 is 6.36. The number of aromatic nitrogens is 1. The van der Waals surface area contributed by atoms with Gasteiger partial charge >= 0.3 is 0 Å². The van der Waals surface area contributed by atoms with E-state index in [1.807, 2.05) is 42.6 Å². The summed E-state index contributed by atoms with van der Waals surface area (Å²) in [6, 6.07) is 40.3. The van der Waals surface area contributed by atoms with Gasteiger partial charge in [0.25, 0.3) is 0 Å². The van der Waals surface area contributed by atoms with Gasteiger partial charge in [-0.15, -0.1) is 0 Å². The van der Waals surface area contributed by atoms with E-state index in [1.165, 1.54) is 22.3 Å². The lowest BCUT2D eigenvalue weighted by molar-refractivity contribution is 0.590. The fourth-order valence-corrected chi connectivity index (χ4v) is 5.51. The largest absolute Gasteiger partial charge is 0.436 e. The maximum absolute atomic E-state index is 6.36. The van der Waals surface area contributed by atoms with Crippen LogP contribution in [0, 0.1) is 5.92 Å². The second kappa shape index (κ2) is 11.9. The molecule has 6 rings (SSSR count). The molecular weight excluding hydrogens is 524 g/mol. The van der Waals surface area contributed by atoms with Crippen molar-refractivity contribution in [3.05, 3.63) is 132 Å². The third-order valence-electron chi connectivity index (χ3n) is 7.74. The molecule has 214 valence electrons. The van der Waals surface area contributed by atoms with Crippen LogP contribution in [0.2, 0.25) is 0 Å². The van der Waals surface area contributed by atoms with E-state index in [1.54, 1.807) is 0 Å². The summed E-state index contributed by atoms with van der Waals surface area (Å²) in [6.45, 7) is 11.2. The van der Waals surface area contributed by atoms with Crippen molar-refractivity contribution < 1.29 is 4.42 Å². The first-order valence-electron chi connectivity index (χ1n) is 15.1. The van der Waals surface area contributed by atoms with Crippen molar-refractivity contribution >= 4 is 23.0 Å². The quantitative estimate of drug-likeness (QED) is 0.182. The van der Waals surface area contributed by atoms with E-state index in [0.717, 1.165) is 45.5 Å². The van der Waals surface area contributed by atoms with Crippen LogP contribution < -0.4 is 0 Å². The first-order valence-corrected chi connectivity index (χ1v) is 15.1. The van der Waals surface area contributed by atoms with E-state index >= 15 is 0 Å². The Kier molecular flexibility index (Phi) is 7.82. The minimum Gasteiger partial charge on any atom is -0.436 e. The predicted octanol–water partition coefficient (Wildman–Crippen LogP) is 11.1. The molecule has 0 amide bonds. The number of aliphatic imine (C=N–C) groups is 1. The first kappa shape index (κ1) is 28.4. The molecule has 0 atom stereocenters. The van der Waals surface area contributed by atoms with E-state index in [-0.39, 0.29) is 5.41 Å². The van der Waals surface area contributed by atoms with Crippen LogP contribution in [0.1, 0.15) is 51.3 Å². The van der Waals surface area contributed by atoms with Gasteiger partial charge in [-0.2, -0.15) is 0 Å². The maximum Gasteiger partial charge on any atom is 0.229 e. The molecule has 0 saturated carbocycles. The molecule has 0 saturated heterocycles. The van der Waals surface area contributed by atoms with E-state index in [0.29, 0.717) is 11.8 Å². The van der Waals surface area contributed by atoms with Crippen LogP contribution in [0.5, 0.6) is 0 Å². The summed E-state index contributed by atoms with van der Waals surface area (Å²) in [7, 11) is 0. The number of rotatable bonds is 7. The molecule has 3 nitrogen and oxygen atoms in total. The Hall–Kier alpha value is -4.76. The maximum atomic E-state index is 6.36. The van der Waals surface area contributed by atoms with Crippen LogP contribution >= 0.6 is 0 Å². The Balaban J connectivity index is 1.35. The van der Waals surface area contributed by atoms with Crippen LogP contribution in [0.25, 0.3) is 44.8 Å². The fourth-order valence-electron chi connectivity index (χ4n) is 5.51. The molecule has 0 radical (unpaired) electrons. The van der Waals surface area contributed by atoms with Gasteiger partial charge in [0.15, 0.2) is 5.58 Å². The van der Waals surface area contributed by atoms with Crippen molar-refractivity contribution in [1.82, 2.24) is 4.98 Å². The number of benzene rings is 5. The molecule has 1 heterocycles. The van der Waals surface area contributed by atoms with Crippen molar-refractivity contribution in [2.24, 2.45) is 10.9 Å². The summed E-state index contributed by atoms with van der Waals surface area (Å²) >= 11 is 0. The molecule has 3 heteroatoms. The zero-order chi connectivity index (χ0) is 30.0. The Bertz CT molecular complexity index is 1920. The average molecular weight is 563 g/mol. The number of hydrogen-bond donors (Lipinski definition) is 0. The van der Waals surface area contributed by atoms with Gasteiger partial charge in [-0.05, 0) is 81.5 Å². The van der Waals surface area contributed by atoms with Gasteiger partial charge < -0.3 is 4.42 Å². The topological polar surface area (TPSA) is 38.4 Å². The van der Waals surface area contributed by atoms with Crippen molar-refractivity contribution in [3.63, 3.8) is 0 Å². The van der Waals surface area contributed by atoms with Gasteiger partial charge in [0.2, 0.25) is 5.89 Å². The van der Waals surface area contributed by atoms with Gasteiger partial charge in [0.05, 0.1) is 11.3 Å². The molecule has 6 aromatic rings. The van der Waals surface area contributed by atoms with Crippen molar-refractivity contribution in [1.29, 1.82) is 0 Å². The van der Waals surface area contributed by atoms with Crippen molar-refractivity contribution in [3.8, 4) is 33.7 Å². The summed E-state index contributed by atoms with van der Waals surface area (Å²) in [5, 5.41) is 0. The van der Waals surface area contributed by atoms with Gasteiger partial charge in [0.1, 0.15) is 5.52 Å². The van der Waals surface area contributed by atoms with Crippen molar-refractivity contribution in [2.75, 3.05) is 0 Å². The monoisotopic (exact) mass is 562 g/mol. The molecule has 0 unspecified atom stereocenters. The summed E-state index contributed by atoms with van der Waals surface area (Å²) in [4.78, 5) is 9.90. The minimum atomic E-state index is 0.0783. The molecule has 0 aliphatic rings. The van der Waals surface area contributed by atoms with Crippen LogP contribution in [0.4, 0.5) is 5.69 Å². The van der Waals surface area contributed by atoms with Gasteiger partial charge in [-0.1, -0.05) is 120 Å². The highest BCUT2D eigenvalue weighted by molar-refractivity contribution is 5.94. The number of nitrogens with zero attached hydrogens (tertiary/aromatic N) is 2. The highest BCUT2D eigenvalue weighted by Gasteiger charge is 2.16. The smallest absolute Gasteiger partial charge is 0.229 e. The van der Waals surface area contributed by atoms with Gasteiger partial charge in [0, 0.05) is 11.8 Å². The minimum absolute atomic E-state index is 0.0783. The Morgan fingerprint density at radius 3 is 2.23 bits per heavy atom. The Morgan fingerprint density at radius 1 is 0.721 bits per heavy atom. The summed E-state index contributed by atoms with van der Waals surface area (Å²) in [5.41, 5.74) is 11.7. The van der Waals surface area contributed by atoms with E-state index in [4.69, 9.17) is 14.4 Å². The zero-order valence-corrected chi connectivity index (χ0v) is 25.6. The summed E-state index contributed by atoms with van der Waals surface area (Å²) in [6.07, 6.45) is 2.99. The van der Waals surface area contributed by atoms with Crippen LogP contribution in [0.3, 0.4) is 0 Å². The number of oxazole rings is 1. The average Bonchev–Trinajstić information content (AvgIpc) is 3.44. The molecule has 0 bridgehead atoms. The highest BCUT2D eigenvalue weighted by Crippen LogP contribution is 2.36. The molecule has 0 aliphatic heterocycles. The Morgan fingerprint density at radius 2 is 1.42 bits per heavy atom. The standard InChI is InChI=1S/C40H38N2O/c1-27(2)22-28-12-8-14-30(23-28)31-15-10-16-32(25-31)34-19-11-21-37-38(34)42-39(43-37)35-18-6-7-20-36(35)41-26-29-13-9-17-33(24-29)40(3,4)5/h6-21,23-27H,22H2,1-5H3. The van der Waals surface area contributed by atoms with Gasteiger partial charge in [-0.3, -0.25) is 4.99 Å². The lowest BCUT2D eigenvalue weighted by Crippen LogP contribution is -2.11. The molecule has 0 aliphatic carbocycles. The molecule has 0 N–H and O–H groups in total. The molecule has 0 spiro atoms. The van der Waals surface area contributed by atoms with Crippen molar-refractivity contribution in [2.45, 2.75) is 46.5 Å². The van der Waals surface area contributed by atoms with E-state index in [9.17, 15) is 0 Å². The van der Waals surface area contributed by atoms with Crippen LogP contribution in [-0.2, 0) is 11.8 Å². The third-order valence-corrected chi connectivity index (χ3v) is 7.74. The SMILES string of the molecule is CC(C)Cc1cccc(-c2cccc(-c3cccc4oc(-c5ccccc5N=Cc5cccc(C(C)(C)C)c5)nc34)c2)c1. The Labute approximate surface area is 255 Å². The molecular formula is C40H38N2O. The molecule has 5 aromatic carbocycles. The van der Waals surface area contributed by atoms with Crippen LogP contribution in [-0.4, -0.2) is 11.2 Å². The summed E-state index contributed by atoms with van der Waals surface area (Å²) in [5.74, 6) is 1.19. The molecule has 0 fully saturated rings. The fraction of sp³-hybridized carbons (Fsp3) is 0.200. The second-order valence-corrected chi connectivity index (χ2v) is 12.7. The van der Waals surface area contributed by atoms with E-state index in [2.05, 4.69) is 113 Å². The lowest BCUT2D eigenvalue weighted by Gasteiger charge is -2.19. The van der Waals surface area contributed by atoms with Crippen LogP contribution in [0.15, 0.2) is 125 Å². The molecule has 1 aromatic heterocycles. The molecule has 43 heavy (non-hydrogen) atoms. The zero-order valence-electron chi connectivity index (χ0n) is 25.6. The number of hydrogen-bond acceptors (Lipinski definition) is 3. The lowest BCUT2D eigenvalue weighted by atomic mass is 9.86. The third kappa shape index (κ3) is 6.36. The normalized spacial score (nSPS) is 12.0. The second-order valence-electron chi connectivity index (χ2n) is 12.7. The first-order chi connectivity index (χ1) is 20.7. The predicted molar refractivity (Wildman–Crippen MR) is 181 cm³/mol. The van der Waals surface area contributed by atoms with Gasteiger partial charge in [-0.25, -0.2) is 4.98 Å². The highest BCUT2D eigenvalue weighted by atomic mass is 16.3. The van der Waals surface area contributed by atoms with E-state index < -0.39 is 0 Å². The number of para-hydroxylation sites is 2. The number of fused-ring (bicyclic) bond motifs is 1.